The van der Waals surface area contributed by atoms with E-state index in [1.165, 1.54) is 12.1 Å². The Hall–Kier alpha value is -4.07. The average molecular weight is 458 g/mol. The topological polar surface area (TPSA) is 76.9 Å². The van der Waals surface area contributed by atoms with E-state index in [1.807, 2.05) is 23.1 Å². The molecule has 0 saturated carbocycles. The van der Waals surface area contributed by atoms with Crippen LogP contribution in [-0.2, 0) is 15.4 Å². The van der Waals surface area contributed by atoms with Gasteiger partial charge in [-0.2, -0.15) is 0 Å². The van der Waals surface area contributed by atoms with Crippen molar-refractivity contribution in [3.8, 4) is 17.0 Å². The van der Waals surface area contributed by atoms with E-state index < -0.39 is 5.72 Å². The second-order valence-electron chi connectivity index (χ2n) is 8.14. The number of carbonyl (C=O) groups is 1. The molecular weight excluding hydrogens is 435 g/mol. The zero-order chi connectivity index (χ0) is 23.5. The minimum atomic E-state index is -1.07. The Bertz CT molecular complexity index is 1260. The third kappa shape index (κ3) is 3.81. The number of methoxy groups -OCH3 is 1. The largest absolute Gasteiger partial charge is 0.496 e. The predicted octanol–water partition coefficient (Wildman–Crippen LogP) is 4.56. The van der Waals surface area contributed by atoms with Crippen molar-refractivity contribution in [3.05, 3.63) is 83.6 Å². The van der Waals surface area contributed by atoms with E-state index in [4.69, 9.17) is 9.57 Å². The number of oxime groups is 1. The Morgan fingerprint density at radius 3 is 2.79 bits per heavy atom. The second-order valence-corrected chi connectivity index (χ2v) is 8.14. The summed E-state index contributed by atoms with van der Waals surface area (Å²) in [6, 6.07) is 11.9. The Morgan fingerprint density at radius 2 is 2.06 bits per heavy atom. The lowest BCUT2D eigenvalue weighted by molar-refractivity contribution is -0.132. The Labute approximate surface area is 196 Å². The van der Waals surface area contributed by atoms with E-state index in [0.717, 1.165) is 41.5 Å². The van der Waals surface area contributed by atoms with Crippen LogP contribution in [0.1, 0.15) is 30.4 Å². The van der Waals surface area contributed by atoms with Crippen molar-refractivity contribution in [3.63, 3.8) is 0 Å². The molecule has 172 valence electrons. The van der Waals surface area contributed by atoms with Gasteiger partial charge in [0.2, 0.25) is 5.72 Å². The third-order valence-electron chi connectivity index (χ3n) is 6.15. The van der Waals surface area contributed by atoms with Gasteiger partial charge in [-0.05, 0) is 54.3 Å². The van der Waals surface area contributed by atoms with E-state index in [2.05, 4.69) is 21.2 Å². The monoisotopic (exact) mass is 458 g/mol. The van der Waals surface area contributed by atoms with E-state index in [1.54, 1.807) is 37.8 Å². The molecule has 0 bridgehead atoms. The van der Waals surface area contributed by atoms with Crippen LogP contribution in [0.3, 0.4) is 0 Å². The van der Waals surface area contributed by atoms with Crippen LogP contribution >= 0.6 is 0 Å². The summed E-state index contributed by atoms with van der Waals surface area (Å²) < 4.78 is 19.2. The fourth-order valence-electron chi connectivity index (χ4n) is 4.53. The number of hydrogen-bond donors (Lipinski definition) is 0. The summed E-state index contributed by atoms with van der Waals surface area (Å²) >= 11 is 0. The zero-order valence-electron chi connectivity index (χ0n) is 18.6. The maximum atomic E-state index is 13.5. The number of halogens is 1. The van der Waals surface area contributed by atoms with Gasteiger partial charge in [-0.25, -0.2) is 4.39 Å². The number of carbonyl (C=O) groups excluding carboxylic acids is 1. The summed E-state index contributed by atoms with van der Waals surface area (Å²) in [4.78, 5) is 28.0. The summed E-state index contributed by atoms with van der Waals surface area (Å²) in [7, 11) is 1.62. The first-order chi connectivity index (χ1) is 16.6. The van der Waals surface area contributed by atoms with Gasteiger partial charge in [0.1, 0.15) is 17.9 Å². The first-order valence-corrected chi connectivity index (χ1v) is 11.0. The number of piperidine rings is 1. The predicted molar refractivity (Wildman–Crippen MR) is 125 cm³/mol. The molecule has 0 aliphatic carbocycles. The van der Waals surface area contributed by atoms with Crippen molar-refractivity contribution in [2.24, 2.45) is 5.16 Å². The molecule has 1 fully saturated rings. The molecule has 1 atom stereocenters. The van der Waals surface area contributed by atoms with Gasteiger partial charge in [-0.15, -0.1) is 0 Å². The lowest BCUT2D eigenvalue weighted by Gasteiger charge is -2.39. The number of nitrogens with zero attached hydrogens (tertiary/aromatic N) is 4. The molecule has 0 amide bonds. The van der Waals surface area contributed by atoms with Gasteiger partial charge >= 0.3 is 0 Å². The van der Waals surface area contributed by atoms with Gasteiger partial charge in [0.15, 0.2) is 5.84 Å². The smallest absolute Gasteiger partial charge is 0.243 e. The Morgan fingerprint density at radius 1 is 1.21 bits per heavy atom. The summed E-state index contributed by atoms with van der Waals surface area (Å²) in [5.74, 6) is 1.03. The van der Waals surface area contributed by atoms with Crippen molar-refractivity contribution < 1.29 is 18.8 Å². The van der Waals surface area contributed by atoms with Crippen LogP contribution in [0.25, 0.3) is 17.3 Å². The van der Waals surface area contributed by atoms with Gasteiger partial charge in [-0.1, -0.05) is 23.4 Å². The van der Waals surface area contributed by atoms with Crippen molar-refractivity contribution >= 4 is 18.2 Å². The fourth-order valence-corrected chi connectivity index (χ4v) is 4.53. The Kier molecular flexibility index (Phi) is 5.79. The first kappa shape index (κ1) is 21.8. The molecule has 2 aliphatic rings. The van der Waals surface area contributed by atoms with E-state index >= 15 is 0 Å². The average Bonchev–Trinajstić information content (AvgIpc) is 3.25. The highest BCUT2D eigenvalue weighted by atomic mass is 19.1. The van der Waals surface area contributed by atoms with Crippen LogP contribution in [0.15, 0.2) is 71.8 Å². The minimum absolute atomic E-state index is 0.0829. The highest BCUT2D eigenvalue weighted by Gasteiger charge is 2.49. The fraction of sp³-hybridized carbons (Fsp3) is 0.231. The molecule has 2 aliphatic heterocycles. The number of rotatable bonds is 6. The van der Waals surface area contributed by atoms with Crippen LogP contribution < -0.4 is 4.74 Å². The van der Waals surface area contributed by atoms with Crippen molar-refractivity contribution in [2.45, 2.75) is 25.0 Å². The maximum absolute atomic E-state index is 13.5. The molecule has 3 heterocycles. The first-order valence-electron chi connectivity index (χ1n) is 11.0. The van der Waals surface area contributed by atoms with E-state index in [0.29, 0.717) is 23.7 Å². The molecule has 1 unspecified atom stereocenters. The molecule has 34 heavy (non-hydrogen) atoms. The summed E-state index contributed by atoms with van der Waals surface area (Å²) in [5.41, 5.74) is 3.14. The lowest BCUT2D eigenvalue weighted by Crippen LogP contribution is -2.49. The zero-order valence-corrected chi connectivity index (χ0v) is 18.6. The molecule has 3 aromatic rings. The molecule has 0 N–H and O–H groups in total. The van der Waals surface area contributed by atoms with Crippen molar-refractivity contribution in [2.75, 3.05) is 13.7 Å². The Balaban J connectivity index is 1.48. The highest BCUT2D eigenvalue weighted by molar-refractivity contribution is 6.03. The number of aromatic nitrogens is 2. The van der Waals surface area contributed by atoms with Crippen molar-refractivity contribution in [1.82, 2.24) is 14.9 Å². The third-order valence-corrected chi connectivity index (χ3v) is 6.15. The van der Waals surface area contributed by atoms with Gasteiger partial charge < -0.3 is 19.3 Å². The number of fused-ring (bicyclic) bond motifs is 1. The molecule has 0 radical (unpaired) electrons. The molecule has 7 nitrogen and oxygen atoms in total. The number of hydrogen-bond acceptors (Lipinski definition) is 7. The van der Waals surface area contributed by atoms with Crippen LogP contribution in [0.2, 0.25) is 0 Å². The number of benzene rings is 2. The van der Waals surface area contributed by atoms with Gasteiger partial charge in [0, 0.05) is 30.1 Å². The molecule has 1 aromatic heterocycles. The molecule has 0 spiro atoms. The standard InChI is InChI=1S/C26H23FN4O3/c1-33-24-16-18(4-9-22(24)23-17-28-11-12-29-23)15-19-3-2-13-31-25(19)30-34-26(31,10-14-32)20-5-7-21(27)8-6-20/h4-9,11-12,14-17H,2-3,10,13H2,1H3/b19-15+. The molecular formula is C26H23FN4O3. The molecule has 8 heteroatoms. The number of ether oxygens (including phenoxy) is 1. The van der Waals surface area contributed by atoms with Gasteiger partial charge in [0.25, 0.3) is 0 Å². The van der Waals surface area contributed by atoms with Crippen LogP contribution in [0.4, 0.5) is 4.39 Å². The molecule has 2 aromatic carbocycles. The molecule has 5 rings (SSSR count). The van der Waals surface area contributed by atoms with E-state index in [9.17, 15) is 9.18 Å². The quantitative estimate of drug-likeness (QED) is 0.504. The van der Waals surface area contributed by atoms with E-state index in [-0.39, 0.29) is 12.2 Å². The molecule has 1 saturated heterocycles. The van der Waals surface area contributed by atoms with Gasteiger partial charge in [0.05, 0.1) is 25.4 Å². The SMILES string of the molecule is COc1cc(/C=C2\CCCN3C2=NOC3(CC=O)c2ccc(F)cc2)ccc1-c1cnccn1. The van der Waals surface area contributed by atoms with Crippen molar-refractivity contribution in [1.29, 1.82) is 0 Å². The number of amidine groups is 1. The maximum Gasteiger partial charge on any atom is 0.243 e. The normalized spacial score (nSPS) is 20.5. The highest BCUT2D eigenvalue weighted by Crippen LogP contribution is 2.42. The summed E-state index contributed by atoms with van der Waals surface area (Å²) in [6.45, 7) is 0.677. The summed E-state index contributed by atoms with van der Waals surface area (Å²) in [6.07, 6.45) is 9.60. The van der Waals surface area contributed by atoms with Gasteiger partial charge in [-0.3, -0.25) is 9.97 Å². The second kappa shape index (κ2) is 9.05. The van der Waals surface area contributed by atoms with Crippen LogP contribution in [0.5, 0.6) is 5.75 Å². The minimum Gasteiger partial charge on any atom is -0.496 e. The number of aldehydes is 1. The summed E-state index contributed by atoms with van der Waals surface area (Å²) in [5, 5.41) is 4.39. The van der Waals surface area contributed by atoms with Crippen LogP contribution in [-0.4, -0.2) is 40.6 Å². The lowest BCUT2D eigenvalue weighted by atomic mass is 9.92. The van der Waals surface area contributed by atoms with Crippen LogP contribution in [0, 0.1) is 5.82 Å².